The lowest BCUT2D eigenvalue weighted by molar-refractivity contribution is 0.197. The lowest BCUT2D eigenvalue weighted by Crippen LogP contribution is -2.30. The van der Waals surface area contributed by atoms with Crippen LogP contribution in [0.1, 0.15) is 5.56 Å². The molecule has 1 rings (SSSR count). The van der Waals surface area contributed by atoms with E-state index < -0.39 is 0 Å². The van der Waals surface area contributed by atoms with Crippen molar-refractivity contribution in [3.05, 3.63) is 23.8 Å². The molecule has 0 fully saturated rings. The quantitative estimate of drug-likeness (QED) is 0.657. The average Bonchev–Trinajstić information content (AvgIpc) is 2.46. The van der Waals surface area contributed by atoms with Crippen LogP contribution in [0.2, 0.25) is 0 Å². The minimum atomic E-state index is 0.743. The maximum absolute atomic E-state index is 5.44. The zero-order valence-electron chi connectivity index (χ0n) is 12.9. The second-order valence-corrected chi connectivity index (χ2v) is 4.63. The Morgan fingerprint density at radius 3 is 2.55 bits per heavy atom. The summed E-state index contributed by atoms with van der Waals surface area (Å²) in [7, 11) is 7.14. The minimum absolute atomic E-state index is 0.743. The number of nitrogens with zero attached hydrogens (tertiary/aromatic N) is 1. The molecule has 0 unspecified atom stereocenters. The molecule has 1 N–H and O–H groups in total. The van der Waals surface area contributed by atoms with Crippen molar-refractivity contribution in [2.24, 2.45) is 0 Å². The van der Waals surface area contributed by atoms with Crippen molar-refractivity contribution < 1.29 is 14.2 Å². The molecule has 1 aromatic rings. The molecule has 0 saturated carbocycles. The molecule has 0 spiro atoms. The van der Waals surface area contributed by atoms with Gasteiger partial charge in [-0.2, -0.15) is 0 Å². The van der Waals surface area contributed by atoms with Crippen LogP contribution in [0.15, 0.2) is 18.2 Å². The Morgan fingerprint density at radius 1 is 1.10 bits per heavy atom. The van der Waals surface area contributed by atoms with Gasteiger partial charge in [0.2, 0.25) is 0 Å². The first-order chi connectivity index (χ1) is 9.72. The first-order valence-electron chi connectivity index (χ1n) is 6.81. The fraction of sp³-hybridized carbons (Fsp3) is 0.600. The Bertz CT molecular complexity index is 385. The van der Waals surface area contributed by atoms with Gasteiger partial charge < -0.3 is 24.4 Å². The highest BCUT2D eigenvalue weighted by Gasteiger charge is 2.10. The number of nitrogens with one attached hydrogen (secondary N) is 1. The molecule has 0 aromatic heterocycles. The third-order valence-electron chi connectivity index (χ3n) is 3.08. The van der Waals surface area contributed by atoms with Gasteiger partial charge in [-0.1, -0.05) is 12.1 Å². The summed E-state index contributed by atoms with van der Waals surface area (Å²) < 4.78 is 15.7. The van der Waals surface area contributed by atoms with Crippen LogP contribution in [-0.2, 0) is 11.3 Å². The van der Waals surface area contributed by atoms with Crippen molar-refractivity contribution in [3.63, 3.8) is 0 Å². The number of ether oxygens (including phenoxy) is 3. The van der Waals surface area contributed by atoms with Gasteiger partial charge >= 0.3 is 0 Å². The van der Waals surface area contributed by atoms with Gasteiger partial charge in [0, 0.05) is 38.9 Å². The first kappa shape index (κ1) is 16.8. The molecule has 0 aliphatic carbocycles. The van der Waals surface area contributed by atoms with E-state index in [4.69, 9.17) is 14.2 Å². The van der Waals surface area contributed by atoms with Crippen LogP contribution in [0.4, 0.5) is 0 Å². The fourth-order valence-corrected chi connectivity index (χ4v) is 2.02. The van der Waals surface area contributed by atoms with E-state index in [1.807, 2.05) is 12.1 Å². The molecule has 20 heavy (non-hydrogen) atoms. The summed E-state index contributed by atoms with van der Waals surface area (Å²) in [6.45, 7) is 4.35. The predicted molar refractivity (Wildman–Crippen MR) is 80.6 cm³/mol. The summed E-state index contributed by atoms with van der Waals surface area (Å²) in [6, 6.07) is 5.96. The van der Waals surface area contributed by atoms with E-state index in [1.165, 1.54) is 0 Å². The van der Waals surface area contributed by atoms with Gasteiger partial charge in [-0.3, -0.25) is 0 Å². The molecular weight excluding hydrogens is 256 g/mol. The molecule has 5 heteroatoms. The zero-order chi connectivity index (χ0) is 14.8. The van der Waals surface area contributed by atoms with Crippen LogP contribution >= 0.6 is 0 Å². The highest BCUT2D eigenvalue weighted by atomic mass is 16.5. The lowest BCUT2D eigenvalue weighted by atomic mass is 10.1. The second kappa shape index (κ2) is 9.58. The van der Waals surface area contributed by atoms with Crippen molar-refractivity contribution in [3.8, 4) is 11.5 Å². The van der Waals surface area contributed by atoms with E-state index in [2.05, 4.69) is 23.3 Å². The van der Waals surface area contributed by atoms with Crippen LogP contribution in [0.5, 0.6) is 11.5 Å². The number of methoxy groups -OCH3 is 3. The standard InChI is InChI=1S/C15H26N2O3/c1-17(10-8-16-9-11-18-2)12-13-6-5-7-14(19-3)15(13)20-4/h5-7,16H,8-12H2,1-4H3. The van der Waals surface area contributed by atoms with E-state index in [-0.39, 0.29) is 0 Å². The fourth-order valence-electron chi connectivity index (χ4n) is 2.02. The molecule has 0 saturated heterocycles. The minimum Gasteiger partial charge on any atom is -0.493 e. The average molecular weight is 282 g/mol. The van der Waals surface area contributed by atoms with Crippen molar-refractivity contribution in [1.29, 1.82) is 0 Å². The molecule has 0 aliphatic heterocycles. The molecule has 0 aliphatic rings. The van der Waals surface area contributed by atoms with Crippen LogP contribution in [0.3, 0.4) is 0 Å². The molecule has 0 heterocycles. The Morgan fingerprint density at radius 2 is 1.90 bits per heavy atom. The number of benzene rings is 1. The third kappa shape index (κ3) is 5.36. The summed E-state index contributed by atoms with van der Waals surface area (Å²) in [5, 5.41) is 3.33. The van der Waals surface area contributed by atoms with Gasteiger partial charge in [0.1, 0.15) is 0 Å². The maximum Gasteiger partial charge on any atom is 0.165 e. The Balaban J connectivity index is 2.47. The lowest BCUT2D eigenvalue weighted by Gasteiger charge is -2.19. The summed E-state index contributed by atoms with van der Waals surface area (Å²) in [5.74, 6) is 1.59. The maximum atomic E-state index is 5.44. The Hall–Kier alpha value is -1.30. The van der Waals surface area contributed by atoms with E-state index in [0.29, 0.717) is 0 Å². The smallest absolute Gasteiger partial charge is 0.165 e. The zero-order valence-corrected chi connectivity index (χ0v) is 12.9. The number of para-hydroxylation sites is 1. The topological polar surface area (TPSA) is 43.0 Å². The van der Waals surface area contributed by atoms with Crippen molar-refractivity contribution in [1.82, 2.24) is 10.2 Å². The van der Waals surface area contributed by atoms with Gasteiger partial charge in [0.25, 0.3) is 0 Å². The number of likely N-dealkylation sites (N-methyl/N-ethyl adjacent to an activating group) is 1. The Kier molecular flexibility index (Phi) is 8.02. The van der Waals surface area contributed by atoms with Crippen molar-refractivity contribution in [2.75, 3.05) is 54.6 Å². The Labute approximate surface area is 121 Å². The molecule has 0 amide bonds. The van der Waals surface area contributed by atoms with E-state index >= 15 is 0 Å². The molecular formula is C15H26N2O3. The van der Waals surface area contributed by atoms with Crippen LogP contribution in [0.25, 0.3) is 0 Å². The largest absolute Gasteiger partial charge is 0.493 e. The summed E-state index contributed by atoms with van der Waals surface area (Å²) >= 11 is 0. The van der Waals surface area contributed by atoms with Gasteiger partial charge in [-0.25, -0.2) is 0 Å². The highest BCUT2D eigenvalue weighted by molar-refractivity contribution is 5.46. The molecule has 0 radical (unpaired) electrons. The number of rotatable bonds is 10. The number of hydrogen-bond donors (Lipinski definition) is 1. The summed E-state index contributed by atoms with van der Waals surface area (Å²) in [4.78, 5) is 2.25. The van der Waals surface area contributed by atoms with E-state index in [9.17, 15) is 0 Å². The van der Waals surface area contributed by atoms with Crippen LogP contribution in [-0.4, -0.2) is 59.5 Å². The van der Waals surface area contributed by atoms with Gasteiger partial charge in [-0.05, 0) is 13.1 Å². The van der Waals surface area contributed by atoms with E-state index in [0.717, 1.165) is 49.8 Å². The predicted octanol–water partition coefficient (Wildman–Crippen LogP) is 1.37. The van der Waals surface area contributed by atoms with Gasteiger partial charge in [0.05, 0.1) is 20.8 Å². The van der Waals surface area contributed by atoms with Gasteiger partial charge in [-0.15, -0.1) is 0 Å². The van der Waals surface area contributed by atoms with Crippen LogP contribution < -0.4 is 14.8 Å². The van der Waals surface area contributed by atoms with E-state index in [1.54, 1.807) is 21.3 Å². The molecule has 1 aromatic carbocycles. The summed E-state index contributed by atoms with van der Waals surface area (Å²) in [6.07, 6.45) is 0. The van der Waals surface area contributed by atoms with Crippen molar-refractivity contribution in [2.45, 2.75) is 6.54 Å². The van der Waals surface area contributed by atoms with Crippen molar-refractivity contribution >= 4 is 0 Å². The molecule has 114 valence electrons. The number of hydrogen-bond acceptors (Lipinski definition) is 5. The van der Waals surface area contributed by atoms with Crippen LogP contribution in [0, 0.1) is 0 Å². The molecule has 0 atom stereocenters. The van der Waals surface area contributed by atoms with Gasteiger partial charge in [0.15, 0.2) is 11.5 Å². The second-order valence-electron chi connectivity index (χ2n) is 4.63. The normalized spacial score (nSPS) is 10.8. The molecule has 0 bridgehead atoms. The first-order valence-corrected chi connectivity index (χ1v) is 6.81. The summed E-state index contributed by atoms with van der Waals surface area (Å²) in [5.41, 5.74) is 1.13. The molecule has 5 nitrogen and oxygen atoms in total. The highest BCUT2D eigenvalue weighted by Crippen LogP contribution is 2.31. The SMILES string of the molecule is COCCNCCN(C)Cc1cccc(OC)c1OC. The third-order valence-corrected chi connectivity index (χ3v) is 3.08. The monoisotopic (exact) mass is 282 g/mol.